The third-order valence-corrected chi connectivity index (χ3v) is 5.45. The maximum atomic E-state index is 12.6. The number of benzene rings is 2. The van der Waals surface area contributed by atoms with Crippen LogP contribution in [0, 0.1) is 0 Å². The van der Waals surface area contributed by atoms with Gasteiger partial charge in [0.25, 0.3) is 0 Å². The summed E-state index contributed by atoms with van der Waals surface area (Å²) in [5.74, 6) is 0.126. The van der Waals surface area contributed by atoms with Gasteiger partial charge in [0.2, 0.25) is 0 Å². The first kappa shape index (κ1) is 23.7. The van der Waals surface area contributed by atoms with Crippen molar-refractivity contribution in [2.24, 2.45) is 0 Å². The van der Waals surface area contributed by atoms with Gasteiger partial charge >= 0.3 is 6.09 Å². The molecule has 0 bridgehead atoms. The lowest BCUT2D eigenvalue weighted by Crippen LogP contribution is -2.42. The zero-order valence-corrected chi connectivity index (χ0v) is 19.0. The topological polar surface area (TPSA) is 99.0 Å². The molecular weight excluding hydrogens is 453 g/mol. The van der Waals surface area contributed by atoms with Crippen molar-refractivity contribution in [1.82, 2.24) is 25.5 Å². The molecule has 32 heavy (non-hydrogen) atoms. The minimum absolute atomic E-state index is 0.133. The molecule has 0 aliphatic heterocycles. The Hall–Kier alpha value is -2.97. The smallest absolute Gasteiger partial charge is 0.407 e. The average Bonchev–Trinajstić information content (AvgIpc) is 3.22. The molecule has 1 unspecified atom stereocenters. The summed E-state index contributed by atoms with van der Waals surface area (Å²) in [4.78, 5) is 25.9. The number of carbonyl (C=O) groups excluding carboxylic acids is 2. The summed E-state index contributed by atoms with van der Waals surface area (Å²) >= 11 is 12.4. The van der Waals surface area contributed by atoms with Crippen LogP contribution < -0.4 is 5.32 Å². The summed E-state index contributed by atoms with van der Waals surface area (Å²) in [6.45, 7) is 1.89. The summed E-state index contributed by atoms with van der Waals surface area (Å²) in [6.07, 6.45) is 0.654. The molecule has 168 valence electrons. The van der Waals surface area contributed by atoms with Crippen molar-refractivity contribution >= 4 is 35.1 Å². The molecule has 1 N–H and O–H groups in total. The number of tetrazole rings is 1. The van der Waals surface area contributed by atoms with Crippen LogP contribution in [0.15, 0.2) is 48.5 Å². The monoisotopic (exact) mass is 475 g/mol. The van der Waals surface area contributed by atoms with Gasteiger partial charge in [-0.05, 0) is 34.9 Å². The molecule has 0 radical (unpaired) electrons. The Morgan fingerprint density at radius 2 is 1.81 bits per heavy atom. The zero-order valence-electron chi connectivity index (χ0n) is 17.5. The number of aromatic nitrogens is 4. The Balaban J connectivity index is 1.50. The van der Waals surface area contributed by atoms with Gasteiger partial charge in [-0.1, -0.05) is 66.5 Å². The van der Waals surface area contributed by atoms with E-state index in [-0.39, 0.29) is 25.4 Å². The molecule has 1 atom stereocenters. The second-order valence-electron chi connectivity index (χ2n) is 7.06. The first-order chi connectivity index (χ1) is 15.5. The van der Waals surface area contributed by atoms with Crippen LogP contribution >= 0.6 is 23.2 Å². The van der Waals surface area contributed by atoms with Crippen LogP contribution in [0.4, 0.5) is 4.79 Å². The quantitative estimate of drug-likeness (QED) is 0.477. The lowest BCUT2D eigenvalue weighted by molar-refractivity contribution is -0.122. The van der Waals surface area contributed by atoms with Crippen molar-refractivity contribution in [2.45, 2.75) is 38.8 Å². The summed E-state index contributed by atoms with van der Waals surface area (Å²) in [7, 11) is 0. The number of alkyl carbamates (subject to hydrolysis) is 1. The highest BCUT2D eigenvalue weighted by atomic mass is 35.5. The predicted molar refractivity (Wildman–Crippen MR) is 121 cm³/mol. The minimum Gasteiger partial charge on any atom is -0.449 e. The van der Waals surface area contributed by atoms with Crippen LogP contribution in [-0.4, -0.2) is 44.7 Å². The van der Waals surface area contributed by atoms with Gasteiger partial charge in [-0.2, -0.15) is 4.80 Å². The van der Waals surface area contributed by atoms with Crippen molar-refractivity contribution in [3.8, 4) is 0 Å². The van der Waals surface area contributed by atoms with Crippen LogP contribution in [-0.2, 0) is 28.9 Å². The first-order valence-corrected chi connectivity index (χ1v) is 10.9. The maximum Gasteiger partial charge on any atom is 0.407 e. The molecule has 0 aliphatic rings. The van der Waals surface area contributed by atoms with E-state index in [1.165, 1.54) is 4.80 Å². The van der Waals surface area contributed by atoms with E-state index in [9.17, 15) is 9.59 Å². The van der Waals surface area contributed by atoms with Crippen molar-refractivity contribution in [3.63, 3.8) is 0 Å². The molecular formula is C22H23Cl2N5O3. The van der Waals surface area contributed by atoms with E-state index < -0.39 is 12.1 Å². The molecule has 3 rings (SSSR count). The second-order valence-corrected chi connectivity index (χ2v) is 7.87. The largest absolute Gasteiger partial charge is 0.449 e. The van der Waals surface area contributed by atoms with Crippen LogP contribution in [0.1, 0.15) is 30.3 Å². The van der Waals surface area contributed by atoms with Gasteiger partial charge in [0, 0.05) is 22.9 Å². The number of amides is 1. The molecule has 0 saturated heterocycles. The Bertz CT molecular complexity index is 1040. The fourth-order valence-corrected chi connectivity index (χ4v) is 3.55. The van der Waals surface area contributed by atoms with Gasteiger partial charge in [0.15, 0.2) is 11.6 Å². The Labute approximate surface area is 195 Å². The van der Waals surface area contributed by atoms with E-state index in [0.29, 0.717) is 34.3 Å². The van der Waals surface area contributed by atoms with Crippen molar-refractivity contribution < 1.29 is 14.3 Å². The molecule has 1 heterocycles. The van der Waals surface area contributed by atoms with Crippen LogP contribution in [0.2, 0.25) is 10.0 Å². The van der Waals surface area contributed by atoms with Gasteiger partial charge in [-0.15, -0.1) is 10.2 Å². The number of nitrogens with one attached hydrogen (secondary N) is 1. The lowest BCUT2D eigenvalue weighted by Gasteiger charge is -2.15. The van der Waals surface area contributed by atoms with Crippen LogP contribution in [0.25, 0.3) is 0 Å². The molecule has 0 saturated carbocycles. The number of ketones is 1. The highest BCUT2D eigenvalue weighted by Gasteiger charge is 2.21. The fourth-order valence-electron chi connectivity index (χ4n) is 3.02. The molecule has 10 heteroatoms. The second kappa shape index (κ2) is 11.6. The third kappa shape index (κ3) is 6.77. The number of nitrogens with zero attached hydrogens (tertiary/aromatic N) is 4. The molecule has 0 spiro atoms. The number of carbonyl (C=O) groups is 2. The molecule has 0 aliphatic carbocycles. The zero-order chi connectivity index (χ0) is 22.9. The average molecular weight is 476 g/mol. The van der Waals surface area contributed by atoms with E-state index >= 15 is 0 Å². The number of halogens is 2. The van der Waals surface area contributed by atoms with Crippen LogP contribution in [0.3, 0.4) is 0 Å². The number of hydrogen-bond acceptors (Lipinski definition) is 6. The first-order valence-electron chi connectivity index (χ1n) is 10.2. The molecule has 0 fully saturated rings. The predicted octanol–water partition coefficient (Wildman–Crippen LogP) is 3.89. The Kier molecular flexibility index (Phi) is 8.58. The number of ether oxygens (including phenoxy) is 1. The van der Waals surface area contributed by atoms with Crippen LogP contribution in [0.5, 0.6) is 0 Å². The molecule has 3 aromatic rings. The van der Waals surface area contributed by atoms with E-state index in [2.05, 4.69) is 20.7 Å². The summed E-state index contributed by atoms with van der Waals surface area (Å²) in [6, 6.07) is 14.2. The number of Topliss-reactive ketones (excluding diaryl/α,β-unsaturated/α-hetero) is 1. The summed E-state index contributed by atoms with van der Waals surface area (Å²) in [5, 5.41) is 15.7. The molecule has 8 nitrogen and oxygen atoms in total. The van der Waals surface area contributed by atoms with Crippen molar-refractivity contribution in [2.75, 3.05) is 6.61 Å². The van der Waals surface area contributed by atoms with Gasteiger partial charge < -0.3 is 10.1 Å². The van der Waals surface area contributed by atoms with E-state index in [1.807, 2.05) is 30.3 Å². The van der Waals surface area contributed by atoms with E-state index in [4.69, 9.17) is 27.9 Å². The van der Waals surface area contributed by atoms with Crippen molar-refractivity contribution in [3.05, 3.63) is 75.5 Å². The lowest BCUT2D eigenvalue weighted by atomic mass is 10.1. The van der Waals surface area contributed by atoms with Gasteiger partial charge in [-0.25, -0.2) is 4.79 Å². The third-order valence-electron chi connectivity index (χ3n) is 4.74. The highest BCUT2D eigenvalue weighted by Crippen LogP contribution is 2.25. The summed E-state index contributed by atoms with van der Waals surface area (Å²) < 4.78 is 5.19. The molecule has 1 aromatic heterocycles. The van der Waals surface area contributed by atoms with Gasteiger partial charge in [0.05, 0.1) is 12.6 Å². The normalized spacial score (nSPS) is 11.7. The van der Waals surface area contributed by atoms with Crippen molar-refractivity contribution in [1.29, 1.82) is 0 Å². The number of hydrogen-bond donors (Lipinski definition) is 1. The standard InChI is InChI=1S/C22H23Cl2N5O3/c1-2-19(25-22(31)32-12-11-15-7-4-3-5-8-15)20(30)14-29-27-21(26-28-29)13-16-17(23)9-6-10-18(16)24/h3-10,19H,2,11-14H2,1H3,(H,25,31). The number of rotatable bonds is 10. The van der Waals surface area contributed by atoms with E-state index in [1.54, 1.807) is 25.1 Å². The summed E-state index contributed by atoms with van der Waals surface area (Å²) in [5.41, 5.74) is 1.75. The maximum absolute atomic E-state index is 12.6. The Morgan fingerprint density at radius 3 is 2.50 bits per heavy atom. The van der Waals surface area contributed by atoms with Gasteiger partial charge in [-0.3, -0.25) is 4.79 Å². The molecule has 2 aromatic carbocycles. The molecule has 1 amide bonds. The minimum atomic E-state index is -0.716. The van der Waals surface area contributed by atoms with E-state index in [0.717, 1.165) is 5.56 Å². The Morgan fingerprint density at radius 1 is 1.09 bits per heavy atom. The fraction of sp³-hybridized carbons (Fsp3) is 0.318. The van der Waals surface area contributed by atoms with Gasteiger partial charge in [0.1, 0.15) is 6.54 Å². The highest BCUT2D eigenvalue weighted by molar-refractivity contribution is 6.36. The SMILES string of the molecule is CCC(NC(=O)OCCc1ccccc1)C(=O)Cn1nnc(Cc2c(Cl)cccc2Cl)n1.